The van der Waals surface area contributed by atoms with Gasteiger partial charge in [0.15, 0.2) is 5.71 Å². The smallest absolute Gasteiger partial charge is 0.274 e. The summed E-state index contributed by atoms with van der Waals surface area (Å²) in [5, 5.41) is 8.86. The highest BCUT2D eigenvalue weighted by Crippen LogP contribution is 2.24. The number of nitrogens with zero attached hydrogens (tertiary/aromatic N) is 1. The van der Waals surface area contributed by atoms with Crippen molar-refractivity contribution in [3.05, 3.63) is 36.0 Å². The van der Waals surface area contributed by atoms with Crippen molar-refractivity contribution in [2.24, 2.45) is 16.7 Å². The van der Waals surface area contributed by atoms with Crippen LogP contribution >= 0.6 is 0 Å². The fourth-order valence-corrected chi connectivity index (χ4v) is 1.65. The maximum atomic E-state index is 12.0. The van der Waals surface area contributed by atoms with Crippen LogP contribution in [0.5, 0.6) is 11.5 Å². The lowest BCUT2D eigenvalue weighted by Crippen LogP contribution is -2.35. The first-order valence-corrected chi connectivity index (χ1v) is 6.78. The van der Waals surface area contributed by atoms with Gasteiger partial charge in [-0.05, 0) is 12.1 Å². The number of hydrogen-bond donors (Lipinski definition) is 4. The number of carbonyl (C=O) groups is 2. The number of nitrogens with one attached hydrogen (secondary N) is 2. The second kappa shape index (κ2) is 11.4. The first kappa shape index (κ1) is 20.8. The standard InChI is InChI=1S/C14H20N4O3.CH3NO/c1-9(16-2)13(18-15)14(19)17-8-10-5-6-11(20-3)7-12(10)21-4;2-1-3/h5-7,16H,1,8,15H2,2-4H3,(H,17,19);1H,(H2,2,3)/b18-13+;. The van der Waals surface area contributed by atoms with E-state index in [1.165, 1.54) is 0 Å². The minimum Gasteiger partial charge on any atom is -0.497 e. The lowest BCUT2D eigenvalue weighted by molar-refractivity contribution is -0.115. The van der Waals surface area contributed by atoms with Crippen LogP contribution in [0.2, 0.25) is 0 Å². The first-order chi connectivity index (χ1) is 11.5. The molecule has 1 rings (SSSR count). The summed E-state index contributed by atoms with van der Waals surface area (Å²) in [4.78, 5) is 20.6. The van der Waals surface area contributed by atoms with E-state index in [0.717, 1.165) is 5.56 Å². The highest BCUT2D eigenvalue weighted by Gasteiger charge is 2.15. The summed E-state index contributed by atoms with van der Waals surface area (Å²) in [6.45, 7) is 3.92. The molecule has 0 heterocycles. The Bertz CT molecular complexity index is 602. The van der Waals surface area contributed by atoms with E-state index < -0.39 is 5.91 Å². The van der Waals surface area contributed by atoms with Crippen LogP contribution in [0.1, 0.15) is 5.56 Å². The Morgan fingerprint density at radius 1 is 1.38 bits per heavy atom. The molecule has 0 saturated heterocycles. The van der Waals surface area contributed by atoms with Crippen LogP contribution in [-0.4, -0.2) is 39.3 Å². The Morgan fingerprint density at radius 2 is 2.00 bits per heavy atom. The lowest BCUT2D eigenvalue weighted by atomic mass is 10.2. The van der Waals surface area contributed by atoms with Gasteiger partial charge in [0, 0.05) is 25.2 Å². The maximum absolute atomic E-state index is 12.0. The van der Waals surface area contributed by atoms with E-state index in [2.05, 4.69) is 28.0 Å². The van der Waals surface area contributed by atoms with E-state index in [1.807, 2.05) is 6.07 Å². The highest BCUT2D eigenvalue weighted by atomic mass is 16.5. The predicted molar refractivity (Wildman–Crippen MR) is 91.5 cm³/mol. The molecule has 0 fully saturated rings. The van der Waals surface area contributed by atoms with Crippen LogP contribution in [0.25, 0.3) is 0 Å². The molecule has 0 unspecified atom stereocenters. The highest BCUT2D eigenvalue weighted by molar-refractivity contribution is 6.44. The van der Waals surface area contributed by atoms with E-state index in [1.54, 1.807) is 33.4 Å². The number of primary amides is 1. The molecule has 24 heavy (non-hydrogen) atoms. The van der Waals surface area contributed by atoms with Gasteiger partial charge in [-0.2, -0.15) is 5.10 Å². The van der Waals surface area contributed by atoms with E-state index in [0.29, 0.717) is 17.2 Å². The summed E-state index contributed by atoms with van der Waals surface area (Å²) in [5.41, 5.74) is 5.36. The van der Waals surface area contributed by atoms with Crippen molar-refractivity contribution in [2.45, 2.75) is 6.54 Å². The normalized spacial score (nSPS) is 9.88. The summed E-state index contributed by atoms with van der Waals surface area (Å²) in [6, 6.07) is 5.34. The zero-order chi connectivity index (χ0) is 18.5. The molecule has 0 aliphatic rings. The number of ether oxygens (including phenoxy) is 2. The zero-order valence-electron chi connectivity index (χ0n) is 14.0. The number of amides is 2. The Hall–Kier alpha value is -3.23. The quantitative estimate of drug-likeness (QED) is 0.228. The Morgan fingerprint density at radius 3 is 2.46 bits per heavy atom. The van der Waals surface area contributed by atoms with Crippen molar-refractivity contribution >= 4 is 18.0 Å². The molecular weight excluding hydrogens is 314 g/mol. The number of nitrogens with two attached hydrogens (primary N) is 2. The molecule has 0 spiro atoms. The second-order valence-corrected chi connectivity index (χ2v) is 4.20. The van der Waals surface area contributed by atoms with Gasteiger partial charge in [-0.3, -0.25) is 9.59 Å². The van der Waals surface area contributed by atoms with E-state index >= 15 is 0 Å². The van der Waals surface area contributed by atoms with Crippen molar-refractivity contribution < 1.29 is 19.1 Å². The van der Waals surface area contributed by atoms with Gasteiger partial charge in [-0.25, -0.2) is 0 Å². The van der Waals surface area contributed by atoms with Crippen LogP contribution in [0, 0.1) is 0 Å². The van der Waals surface area contributed by atoms with Crippen molar-refractivity contribution in [1.29, 1.82) is 0 Å². The van der Waals surface area contributed by atoms with Crippen LogP contribution in [0.4, 0.5) is 0 Å². The minimum atomic E-state index is -0.422. The molecule has 9 nitrogen and oxygen atoms in total. The molecule has 1 aromatic rings. The van der Waals surface area contributed by atoms with Crippen LogP contribution in [0.3, 0.4) is 0 Å². The summed E-state index contributed by atoms with van der Waals surface area (Å²) in [5.74, 6) is 6.07. The molecule has 6 N–H and O–H groups in total. The lowest BCUT2D eigenvalue weighted by Gasteiger charge is -2.12. The van der Waals surface area contributed by atoms with E-state index in [9.17, 15) is 4.79 Å². The Balaban J connectivity index is 0.00000163. The van der Waals surface area contributed by atoms with Gasteiger partial charge in [0.1, 0.15) is 11.5 Å². The minimum absolute atomic E-state index is 0.0463. The average Bonchev–Trinajstić information content (AvgIpc) is 2.60. The van der Waals surface area contributed by atoms with Crippen molar-refractivity contribution in [3.8, 4) is 11.5 Å². The average molecular weight is 337 g/mol. The van der Waals surface area contributed by atoms with Crippen molar-refractivity contribution in [2.75, 3.05) is 21.3 Å². The summed E-state index contributed by atoms with van der Waals surface area (Å²) in [7, 11) is 4.76. The third-order valence-corrected chi connectivity index (χ3v) is 2.87. The van der Waals surface area contributed by atoms with Crippen LogP contribution in [-0.2, 0) is 16.1 Å². The zero-order valence-corrected chi connectivity index (χ0v) is 14.0. The number of hydrogen-bond acceptors (Lipinski definition) is 7. The number of hydrazone groups is 1. The van der Waals surface area contributed by atoms with Crippen molar-refractivity contribution in [1.82, 2.24) is 10.6 Å². The van der Waals surface area contributed by atoms with Gasteiger partial charge in [0.05, 0.1) is 19.9 Å². The molecule has 9 heteroatoms. The SMILES string of the molecule is C=C(NC)/C(=N\N)C(=O)NCc1ccc(OC)cc1OC.NC=O. The Labute approximate surface area is 140 Å². The molecule has 1 aromatic carbocycles. The van der Waals surface area contributed by atoms with Gasteiger partial charge in [-0.1, -0.05) is 6.58 Å². The largest absolute Gasteiger partial charge is 0.497 e. The fraction of sp³-hybridized carbons (Fsp3) is 0.267. The molecule has 0 saturated carbocycles. The fourth-order valence-electron chi connectivity index (χ4n) is 1.65. The second-order valence-electron chi connectivity index (χ2n) is 4.20. The molecule has 2 amide bonds. The first-order valence-electron chi connectivity index (χ1n) is 6.78. The molecule has 0 aliphatic carbocycles. The van der Waals surface area contributed by atoms with Gasteiger partial charge >= 0.3 is 0 Å². The molecule has 0 aromatic heterocycles. The third-order valence-electron chi connectivity index (χ3n) is 2.87. The monoisotopic (exact) mass is 337 g/mol. The molecule has 0 aliphatic heterocycles. The van der Waals surface area contributed by atoms with Gasteiger partial charge in [0.2, 0.25) is 6.41 Å². The number of methoxy groups -OCH3 is 2. The summed E-state index contributed by atoms with van der Waals surface area (Å²) in [6.07, 6.45) is 0.250. The maximum Gasteiger partial charge on any atom is 0.274 e. The molecule has 0 atom stereocenters. The number of carbonyl (C=O) groups excluding carboxylic acids is 2. The molecule has 0 radical (unpaired) electrons. The molecule has 0 bridgehead atoms. The topological polar surface area (TPSA) is 141 Å². The van der Waals surface area contributed by atoms with E-state index in [-0.39, 0.29) is 18.7 Å². The molecular formula is C15H23N5O4. The van der Waals surface area contributed by atoms with Crippen LogP contribution in [0.15, 0.2) is 35.6 Å². The predicted octanol–water partition coefficient (Wildman–Crippen LogP) is -0.531. The van der Waals surface area contributed by atoms with Crippen molar-refractivity contribution in [3.63, 3.8) is 0 Å². The van der Waals surface area contributed by atoms with E-state index in [4.69, 9.17) is 20.1 Å². The van der Waals surface area contributed by atoms with Gasteiger partial charge in [-0.15, -0.1) is 0 Å². The summed E-state index contributed by atoms with van der Waals surface area (Å²) < 4.78 is 10.4. The van der Waals surface area contributed by atoms with Gasteiger partial charge in [0.25, 0.3) is 5.91 Å². The van der Waals surface area contributed by atoms with Crippen LogP contribution < -0.4 is 31.7 Å². The molecule has 132 valence electrons. The third kappa shape index (κ3) is 6.26. The Kier molecular flexibility index (Phi) is 9.82. The number of rotatable bonds is 7. The van der Waals surface area contributed by atoms with Gasteiger partial charge < -0.3 is 31.7 Å². The number of benzene rings is 1. The summed E-state index contributed by atoms with van der Waals surface area (Å²) >= 11 is 0.